The van der Waals surface area contributed by atoms with Gasteiger partial charge < -0.3 is 10.6 Å². The highest BCUT2D eigenvalue weighted by Gasteiger charge is 2.39. The monoisotopic (exact) mass is 363 g/mol. The van der Waals surface area contributed by atoms with Crippen LogP contribution < -0.4 is 5.73 Å². The quantitative estimate of drug-likeness (QED) is 0.897. The molecule has 1 aromatic carbocycles. The minimum atomic E-state index is -0.833. The molecule has 6 heteroatoms. The first-order chi connectivity index (χ1) is 12.5. The van der Waals surface area contributed by atoms with Crippen LogP contribution in [0, 0.1) is 11.6 Å². The van der Waals surface area contributed by atoms with Crippen molar-refractivity contribution in [2.45, 2.75) is 63.1 Å². The van der Waals surface area contributed by atoms with Crippen LogP contribution in [0.15, 0.2) is 12.1 Å². The molecule has 2 N–H and O–H groups in total. The van der Waals surface area contributed by atoms with Crippen molar-refractivity contribution < 1.29 is 13.6 Å². The predicted molar refractivity (Wildman–Crippen MR) is 95.8 cm³/mol. The van der Waals surface area contributed by atoms with Gasteiger partial charge in [0.2, 0.25) is 5.91 Å². The summed E-state index contributed by atoms with van der Waals surface area (Å²) in [7, 11) is 0. The summed E-state index contributed by atoms with van der Waals surface area (Å²) in [6.07, 6.45) is 4.06. The molecule has 1 amide bonds. The zero-order valence-electron chi connectivity index (χ0n) is 15.3. The third kappa shape index (κ3) is 3.03. The van der Waals surface area contributed by atoms with Crippen molar-refractivity contribution in [3.05, 3.63) is 34.9 Å². The number of aryl methyl sites for hydroxylation is 1. The Balaban J connectivity index is 1.43. The molecule has 2 fully saturated rings. The van der Waals surface area contributed by atoms with Gasteiger partial charge in [-0.05, 0) is 62.4 Å². The standard InChI is InChI=1S/C20H27F2N3O/c1-12-19-3-2-6-24(19)7-8-25(12)20(26)11-18(23)14-5-4-13-9-16(21)17(22)10-15(13)14/h9-10,12,14,18-19H,2-8,11,23H2,1H3. The van der Waals surface area contributed by atoms with Crippen LogP contribution in [-0.4, -0.2) is 53.5 Å². The molecule has 1 aromatic rings. The lowest BCUT2D eigenvalue weighted by atomic mass is 9.90. The largest absolute Gasteiger partial charge is 0.337 e. The van der Waals surface area contributed by atoms with Gasteiger partial charge in [-0.25, -0.2) is 8.78 Å². The van der Waals surface area contributed by atoms with E-state index >= 15 is 0 Å². The maximum Gasteiger partial charge on any atom is 0.224 e. The van der Waals surface area contributed by atoms with Crippen molar-refractivity contribution in [2.75, 3.05) is 19.6 Å². The lowest BCUT2D eigenvalue weighted by molar-refractivity contribution is -0.137. The molecule has 1 aliphatic carbocycles. The van der Waals surface area contributed by atoms with Gasteiger partial charge in [0.1, 0.15) is 0 Å². The Morgan fingerprint density at radius 2 is 2.00 bits per heavy atom. The number of nitrogens with zero attached hydrogens (tertiary/aromatic N) is 2. The van der Waals surface area contributed by atoms with Gasteiger partial charge in [0.15, 0.2) is 11.6 Å². The Labute approximate surface area is 153 Å². The van der Waals surface area contributed by atoms with E-state index in [1.807, 2.05) is 4.90 Å². The fourth-order valence-electron chi connectivity index (χ4n) is 5.21. The number of benzene rings is 1. The summed E-state index contributed by atoms with van der Waals surface area (Å²) in [4.78, 5) is 17.4. The fourth-order valence-corrected chi connectivity index (χ4v) is 5.21. The van der Waals surface area contributed by atoms with Gasteiger partial charge in [0, 0.05) is 43.6 Å². The number of amides is 1. The normalized spacial score (nSPS) is 29.5. The van der Waals surface area contributed by atoms with E-state index in [0.717, 1.165) is 43.6 Å². The summed E-state index contributed by atoms with van der Waals surface area (Å²) < 4.78 is 27.1. The molecule has 0 saturated carbocycles. The highest BCUT2D eigenvalue weighted by atomic mass is 19.2. The molecule has 0 radical (unpaired) electrons. The van der Waals surface area contributed by atoms with Gasteiger partial charge in [-0.15, -0.1) is 0 Å². The van der Waals surface area contributed by atoms with E-state index in [1.54, 1.807) is 0 Å². The first-order valence-electron chi connectivity index (χ1n) is 9.72. The molecule has 0 spiro atoms. The van der Waals surface area contributed by atoms with Crippen molar-refractivity contribution in [2.24, 2.45) is 5.73 Å². The maximum atomic E-state index is 13.6. The number of nitrogens with two attached hydrogens (primary N) is 1. The van der Waals surface area contributed by atoms with Crippen LogP contribution in [0.3, 0.4) is 0 Å². The zero-order valence-corrected chi connectivity index (χ0v) is 15.3. The summed E-state index contributed by atoms with van der Waals surface area (Å²) in [5.74, 6) is -1.63. The number of piperazine rings is 1. The highest BCUT2D eigenvalue weighted by Crippen LogP contribution is 2.37. The second-order valence-electron chi connectivity index (χ2n) is 8.05. The summed E-state index contributed by atoms with van der Waals surface area (Å²) in [6.45, 7) is 4.96. The van der Waals surface area contributed by atoms with Crippen LogP contribution in [0.1, 0.15) is 49.7 Å². The van der Waals surface area contributed by atoms with Crippen LogP contribution in [0.5, 0.6) is 0 Å². The Morgan fingerprint density at radius 1 is 1.23 bits per heavy atom. The Morgan fingerprint density at radius 3 is 2.81 bits per heavy atom. The van der Waals surface area contributed by atoms with E-state index in [0.29, 0.717) is 12.5 Å². The second-order valence-corrected chi connectivity index (χ2v) is 8.05. The Bertz CT molecular complexity index is 711. The molecule has 2 aliphatic heterocycles. The summed E-state index contributed by atoms with van der Waals surface area (Å²) >= 11 is 0. The number of carbonyl (C=O) groups excluding carboxylic acids is 1. The summed E-state index contributed by atoms with van der Waals surface area (Å²) in [5.41, 5.74) is 7.97. The third-order valence-corrected chi connectivity index (χ3v) is 6.64. The molecule has 26 heavy (non-hydrogen) atoms. The van der Waals surface area contributed by atoms with Crippen molar-refractivity contribution in [3.8, 4) is 0 Å². The molecule has 2 heterocycles. The van der Waals surface area contributed by atoms with Gasteiger partial charge >= 0.3 is 0 Å². The first-order valence-corrected chi connectivity index (χ1v) is 9.72. The number of halogens is 2. The molecule has 4 unspecified atom stereocenters. The molecular weight excluding hydrogens is 336 g/mol. The fraction of sp³-hybridized carbons (Fsp3) is 0.650. The highest BCUT2D eigenvalue weighted by molar-refractivity contribution is 5.77. The third-order valence-electron chi connectivity index (χ3n) is 6.64. The topological polar surface area (TPSA) is 49.6 Å². The van der Waals surface area contributed by atoms with Crippen molar-refractivity contribution in [1.29, 1.82) is 0 Å². The Hall–Kier alpha value is -1.53. The number of rotatable bonds is 3. The lowest BCUT2D eigenvalue weighted by Gasteiger charge is -2.43. The van der Waals surface area contributed by atoms with Crippen molar-refractivity contribution >= 4 is 5.91 Å². The van der Waals surface area contributed by atoms with E-state index in [2.05, 4.69) is 11.8 Å². The van der Waals surface area contributed by atoms with Crippen LogP contribution in [0.25, 0.3) is 0 Å². The van der Waals surface area contributed by atoms with Crippen LogP contribution in [0.2, 0.25) is 0 Å². The lowest BCUT2D eigenvalue weighted by Crippen LogP contribution is -2.58. The average Bonchev–Trinajstić information content (AvgIpc) is 3.22. The minimum Gasteiger partial charge on any atom is -0.337 e. The molecule has 2 saturated heterocycles. The number of fused-ring (bicyclic) bond motifs is 2. The first kappa shape index (κ1) is 17.9. The number of carbonyl (C=O) groups is 1. The van der Waals surface area contributed by atoms with E-state index in [4.69, 9.17) is 5.73 Å². The summed E-state index contributed by atoms with van der Waals surface area (Å²) in [6, 6.07) is 2.87. The minimum absolute atomic E-state index is 0.0767. The van der Waals surface area contributed by atoms with Gasteiger partial charge in [-0.1, -0.05) is 0 Å². The zero-order chi connectivity index (χ0) is 18.4. The molecule has 3 aliphatic rings. The number of hydrogen-bond donors (Lipinski definition) is 1. The predicted octanol–water partition coefficient (Wildman–Crippen LogP) is 2.41. The van der Waals surface area contributed by atoms with E-state index < -0.39 is 11.6 Å². The molecule has 4 atom stereocenters. The molecule has 0 aromatic heterocycles. The van der Waals surface area contributed by atoms with Crippen LogP contribution in [-0.2, 0) is 11.2 Å². The number of hydrogen-bond acceptors (Lipinski definition) is 3. The molecule has 4 nitrogen and oxygen atoms in total. The van der Waals surface area contributed by atoms with Gasteiger partial charge in [-0.3, -0.25) is 9.69 Å². The molecule has 0 bridgehead atoms. The van der Waals surface area contributed by atoms with Crippen molar-refractivity contribution in [1.82, 2.24) is 9.80 Å². The van der Waals surface area contributed by atoms with Gasteiger partial charge in [-0.2, -0.15) is 0 Å². The molecule has 4 rings (SSSR count). The van der Waals surface area contributed by atoms with Crippen LogP contribution in [0.4, 0.5) is 8.78 Å². The average molecular weight is 363 g/mol. The second kappa shape index (κ2) is 6.89. The maximum absolute atomic E-state index is 13.6. The SMILES string of the molecule is CC1C2CCCN2CCN1C(=O)CC(N)C1CCc2cc(F)c(F)cc21. The van der Waals surface area contributed by atoms with E-state index in [1.165, 1.54) is 18.6 Å². The van der Waals surface area contributed by atoms with E-state index in [9.17, 15) is 13.6 Å². The molecule has 142 valence electrons. The summed E-state index contributed by atoms with van der Waals surface area (Å²) in [5, 5.41) is 0. The Kier molecular flexibility index (Phi) is 4.73. The van der Waals surface area contributed by atoms with Gasteiger partial charge in [0.25, 0.3) is 0 Å². The van der Waals surface area contributed by atoms with Crippen molar-refractivity contribution in [3.63, 3.8) is 0 Å². The van der Waals surface area contributed by atoms with Crippen LogP contribution >= 0.6 is 0 Å². The smallest absolute Gasteiger partial charge is 0.224 e. The van der Waals surface area contributed by atoms with Gasteiger partial charge in [0.05, 0.1) is 0 Å². The molecular formula is C20H27F2N3O. The van der Waals surface area contributed by atoms with E-state index in [-0.39, 0.29) is 30.3 Å².